The molecule has 1 saturated heterocycles. The molecule has 0 aliphatic carbocycles. The van der Waals surface area contributed by atoms with Crippen molar-refractivity contribution in [3.63, 3.8) is 0 Å². The lowest BCUT2D eigenvalue weighted by atomic mass is 10.1. The average molecular weight is 679 g/mol. The Morgan fingerprint density at radius 3 is 1.86 bits per heavy atom. The molecule has 1 aliphatic heterocycles. The van der Waals surface area contributed by atoms with E-state index in [4.69, 9.17) is 14.2 Å². The Morgan fingerprint density at radius 1 is 0.833 bits per heavy atom. The minimum absolute atomic E-state index is 0.0700. The van der Waals surface area contributed by atoms with Gasteiger partial charge in [0.05, 0.1) is 14.7 Å². The van der Waals surface area contributed by atoms with Crippen molar-refractivity contribution < 1.29 is 28.6 Å². The van der Waals surface area contributed by atoms with Crippen LogP contribution in [0.25, 0.3) is 0 Å². The fourth-order valence-corrected chi connectivity index (χ4v) is 5.10. The number of benzene rings is 3. The van der Waals surface area contributed by atoms with Crippen molar-refractivity contribution in [2.45, 2.75) is 37.9 Å². The number of hydrogen-bond acceptors (Lipinski definition) is 8. The number of nitrogens with zero attached hydrogens (tertiary/aromatic N) is 2. The first kappa shape index (κ1) is 29.1. The number of carbonyl (C=O) groups is 3. The maximum Gasteiger partial charge on any atom is 0.351 e. The fraction of sp³-hybridized carbons (Fsp3) is 0.194. The van der Waals surface area contributed by atoms with Crippen LogP contribution in [0.3, 0.4) is 0 Å². The van der Waals surface area contributed by atoms with Crippen LogP contribution in [0.15, 0.2) is 102 Å². The molecule has 4 atom stereocenters. The molecule has 0 bridgehead atoms. The number of nitrogens with one attached hydrogen (secondary N) is 1. The van der Waals surface area contributed by atoms with Gasteiger partial charge in [0.2, 0.25) is 0 Å². The first-order valence-electron chi connectivity index (χ1n) is 13.2. The largest absolute Gasteiger partial charge is 0.452 e. The lowest BCUT2D eigenvalue weighted by Gasteiger charge is -2.25. The van der Waals surface area contributed by atoms with E-state index in [1.807, 2.05) is 29.5 Å². The van der Waals surface area contributed by atoms with Gasteiger partial charge in [-0.2, -0.15) is 4.98 Å². The summed E-state index contributed by atoms with van der Waals surface area (Å²) in [5.41, 5.74) is 0.244. The highest BCUT2D eigenvalue weighted by molar-refractivity contribution is 14.1. The monoisotopic (exact) mass is 679 g/mol. The normalized spacial score (nSPS) is 19.6. The van der Waals surface area contributed by atoms with Crippen LogP contribution in [0.5, 0.6) is 0 Å². The topological polar surface area (TPSA) is 126 Å². The summed E-state index contributed by atoms with van der Waals surface area (Å²) >= 11 is 1.95. The van der Waals surface area contributed by atoms with E-state index < -0.39 is 48.1 Å². The Labute approximate surface area is 254 Å². The zero-order valence-corrected chi connectivity index (χ0v) is 24.5. The number of ether oxygens (including phenoxy) is 3. The van der Waals surface area contributed by atoms with Gasteiger partial charge in [-0.25, -0.2) is 14.4 Å². The third-order valence-electron chi connectivity index (χ3n) is 6.64. The highest BCUT2D eigenvalue weighted by atomic mass is 127. The molecule has 1 fully saturated rings. The Bertz CT molecular complexity index is 1630. The van der Waals surface area contributed by atoms with Gasteiger partial charge >= 0.3 is 17.6 Å². The molecule has 11 heteroatoms. The molecule has 1 aromatic heterocycles. The molecule has 0 saturated carbocycles. The summed E-state index contributed by atoms with van der Waals surface area (Å²) in [4.78, 5) is 56.3. The summed E-state index contributed by atoms with van der Waals surface area (Å²) in [7, 11) is 0. The Balaban J connectivity index is 1.47. The van der Waals surface area contributed by atoms with Gasteiger partial charge < -0.3 is 19.5 Å². The van der Waals surface area contributed by atoms with Crippen LogP contribution in [0.4, 0.5) is 5.82 Å². The highest BCUT2D eigenvalue weighted by Gasteiger charge is 2.50. The van der Waals surface area contributed by atoms with Crippen LogP contribution in [-0.4, -0.2) is 45.7 Å². The molecule has 1 N–H and O–H groups in total. The molecular formula is C31H26IN3O7. The second-order valence-corrected chi connectivity index (χ2v) is 10.6. The molecule has 1 unspecified atom stereocenters. The van der Waals surface area contributed by atoms with Gasteiger partial charge in [0.1, 0.15) is 6.10 Å². The van der Waals surface area contributed by atoms with E-state index in [2.05, 4.69) is 10.3 Å². The molecule has 42 heavy (non-hydrogen) atoms. The molecule has 4 aromatic rings. The molecule has 3 aromatic carbocycles. The summed E-state index contributed by atoms with van der Waals surface area (Å²) in [5.74, 6) is -1.65. The molecular weight excluding hydrogens is 653 g/mol. The first-order chi connectivity index (χ1) is 20.4. The third kappa shape index (κ3) is 6.42. The van der Waals surface area contributed by atoms with Crippen LogP contribution in [0.1, 0.15) is 50.6 Å². The lowest BCUT2D eigenvalue weighted by molar-refractivity contribution is -0.0526. The van der Waals surface area contributed by atoms with Crippen LogP contribution in [0, 0.1) is 3.57 Å². The second kappa shape index (κ2) is 13.1. The summed E-state index contributed by atoms with van der Waals surface area (Å²) < 4.78 is 19.6. The summed E-state index contributed by atoms with van der Waals surface area (Å²) in [6.45, 7) is 1.83. The van der Waals surface area contributed by atoms with Gasteiger partial charge in [0.25, 0.3) is 5.91 Å². The average Bonchev–Trinajstić information content (AvgIpc) is 3.36. The molecule has 214 valence electrons. The van der Waals surface area contributed by atoms with Gasteiger partial charge in [-0.05, 0) is 65.4 Å². The van der Waals surface area contributed by atoms with E-state index in [-0.39, 0.29) is 11.4 Å². The minimum Gasteiger partial charge on any atom is -0.452 e. The lowest BCUT2D eigenvalue weighted by Crippen LogP contribution is -2.41. The van der Waals surface area contributed by atoms with Crippen molar-refractivity contribution in [1.82, 2.24) is 9.55 Å². The van der Waals surface area contributed by atoms with Crippen molar-refractivity contribution in [3.05, 3.63) is 128 Å². The summed E-state index contributed by atoms with van der Waals surface area (Å²) in [6, 6.07) is 25.3. The maximum atomic E-state index is 13.3. The third-order valence-corrected chi connectivity index (χ3v) is 7.43. The minimum atomic E-state index is -1.18. The molecule has 5 rings (SSSR count). The maximum absolute atomic E-state index is 13.3. The van der Waals surface area contributed by atoms with Crippen molar-refractivity contribution in [1.29, 1.82) is 0 Å². The van der Waals surface area contributed by atoms with E-state index in [1.54, 1.807) is 91.0 Å². The number of amides is 1. The Morgan fingerprint density at radius 2 is 1.33 bits per heavy atom. The van der Waals surface area contributed by atoms with Gasteiger partial charge in [0, 0.05) is 11.8 Å². The van der Waals surface area contributed by atoms with E-state index >= 15 is 0 Å². The Hall–Kier alpha value is -4.36. The van der Waals surface area contributed by atoms with Gasteiger partial charge in [0.15, 0.2) is 24.3 Å². The van der Waals surface area contributed by atoms with Crippen molar-refractivity contribution in [3.8, 4) is 0 Å². The van der Waals surface area contributed by atoms with Crippen molar-refractivity contribution in [2.24, 2.45) is 0 Å². The quantitative estimate of drug-likeness (QED) is 0.207. The first-order valence-corrected chi connectivity index (χ1v) is 14.3. The van der Waals surface area contributed by atoms with E-state index in [1.165, 1.54) is 10.8 Å². The van der Waals surface area contributed by atoms with Crippen LogP contribution >= 0.6 is 22.6 Å². The van der Waals surface area contributed by atoms with Crippen LogP contribution in [0.2, 0.25) is 0 Å². The molecule has 0 spiro atoms. The molecule has 10 nitrogen and oxygen atoms in total. The van der Waals surface area contributed by atoms with Gasteiger partial charge in [-0.15, -0.1) is 0 Å². The molecule has 2 heterocycles. The Kier molecular flexibility index (Phi) is 9.08. The van der Waals surface area contributed by atoms with Gasteiger partial charge in [-0.1, -0.05) is 61.5 Å². The fourth-order valence-electron chi connectivity index (χ4n) is 4.54. The van der Waals surface area contributed by atoms with Crippen molar-refractivity contribution in [2.75, 3.05) is 5.32 Å². The van der Waals surface area contributed by atoms with Crippen LogP contribution < -0.4 is 11.0 Å². The van der Waals surface area contributed by atoms with Crippen molar-refractivity contribution >= 4 is 46.3 Å². The molecule has 0 radical (unpaired) electrons. The summed E-state index contributed by atoms with van der Waals surface area (Å²) in [5, 5.41) is 2.66. The number of carbonyl (C=O) groups excluding carboxylic acids is 3. The number of rotatable bonds is 8. The second-order valence-electron chi connectivity index (χ2n) is 9.39. The standard InChI is InChI=1S/C31H26IN3O7/c1-2-23-24(41-29(37)20-14-8-4-9-15-20)25(42-30(38)21-16-10-5-11-17-21)28(40-23)35-18-22(32)26(34-31(35)39)33-27(36)19-12-6-3-7-13-19/h3-18,23-25,28H,2H2,1H3,(H,33,34,36,39)/t23-,24-,25-,28?/m1/s1. The number of esters is 2. The molecule has 1 amide bonds. The zero-order chi connectivity index (χ0) is 29.6. The highest BCUT2D eigenvalue weighted by Crippen LogP contribution is 2.36. The number of anilines is 1. The summed E-state index contributed by atoms with van der Waals surface area (Å²) in [6.07, 6.45) is -2.22. The smallest absolute Gasteiger partial charge is 0.351 e. The number of aromatic nitrogens is 2. The van der Waals surface area contributed by atoms with E-state index in [9.17, 15) is 19.2 Å². The van der Waals surface area contributed by atoms with E-state index in [0.29, 0.717) is 21.1 Å². The number of hydrogen-bond donors (Lipinski definition) is 1. The predicted octanol–water partition coefficient (Wildman–Crippen LogP) is 4.86. The molecule has 1 aliphatic rings. The van der Waals surface area contributed by atoms with E-state index in [0.717, 1.165) is 0 Å². The van der Waals surface area contributed by atoms with Crippen LogP contribution in [-0.2, 0) is 14.2 Å². The number of halogens is 1. The zero-order valence-electron chi connectivity index (χ0n) is 22.4. The SMILES string of the molecule is CC[C@H]1OC(n2cc(I)c(NC(=O)c3ccccc3)nc2=O)[C@H](OC(=O)c2ccccc2)[C@@H]1OC(=O)c1ccccc1. The predicted molar refractivity (Wildman–Crippen MR) is 161 cm³/mol. The van der Waals surface area contributed by atoms with Gasteiger partial charge in [-0.3, -0.25) is 9.36 Å².